The molecule has 0 unspecified atom stereocenters. The summed E-state index contributed by atoms with van der Waals surface area (Å²) in [6, 6.07) is 22.2. The summed E-state index contributed by atoms with van der Waals surface area (Å²) in [7, 11) is -3.65. The van der Waals surface area contributed by atoms with Gasteiger partial charge in [-0.25, -0.2) is 12.4 Å². The number of aryl methyl sites for hydroxylation is 1. The monoisotopic (exact) mass is 487 g/mol. The molecule has 162 valence electrons. The highest BCUT2D eigenvalue weighted by molar-refractivity contribution is 8.25. The average molecular weight is 488 g/mol. The van der Waals surface area contributed by atoms with Crippen molar-refractivity contribution in [2.45, 2.75) is 21.6 Å². The molecule has 0 radical (unpaired) electrons. The second-order valence-electron chi connectivity index (χ2n) is 7.92. The smallest absolute Gasteiger partial charge is 0.267 e. The molecule has 4 nitrogen and oxygen atoms in total. The standard InChI is InChI=1S/C26H17NO3S3/c1-16-10-12-17(13-11-16)33(29,30)27-14-22-23(15-27)32-26(31-22)24-18-6-2-4-8-20(18)25(28)21-9-5-3-7-19(21)24/h2-15H,1H3. The van der Waals surface area contributed by atoms with E-state index >= 15 is 0 Å². The highest BCUT2D eigenvalue weighted by Crippen LogP contribution is 2.56. The number of carbonyl (C=O) groups is 1. The van der Waals surface area contributed by atoms with Gasteiger partial charge in [0.1, 0.15) is 0 Å². The Hall–Kier alpha value is -3.00. The van der Waals surface area contributed by atoms with Crippen LogP contribution in [0.15, 0.2) is 104 Å². The minimum atomic E-state index is -3.65. The van der Waals surface area contributed by atoms with Gasteiger partial charge in [-0.2, -0.15) is 0 Å². The van der Waals surface area contributed by atoms with E-state index in [9.17, 15) is 13.2 Å². The van der Waals surface area contributed by atoms with Crippen molar-refractivity contribution < 1.29 is 13.2 Å². The van der Waals surface area contributed by atoms with Crippen LogP contribution in [0.5, 0.6) is 0 Å². The number of hydrogen-bond acceptors (Lipinski definition) is 5. The Bertz CT molecular complexity index is 1520. The molecule has 0 fully saturated rings. The number of aromatic nitrogens is 1. The van der Waals surface area contributed by atoms with E-state index in [2.05, 4.69) is 0 Å². The molecule has 0 saturated carbocycles. The molecule has 0 spiro atoms. The van der Waals surface area contributed by atoms with Gasteiger partial charge in [0, 0.05) is 38.9 Å². The predicted octanol–water partition coefficient (Wildman–Crippen LogP) is 6.19. The van der Waals surface area contributed by atoms with E-state index in [1.807, 2.05) is 55.5 Å². The molecule has 7 heteroatoms. The summed E-state index contributed by atoms with van der Waals surface area (Å²) in [5, 5.41) is 0. The molecule has 2 heterocycles. The third-order valence-electron chi connectivity index (χ3n) is 5.82. The topological polar surface area (TPSA) is 56.1 Å². The summed E-state index contributed by atoms with van der Waals surface area (Å²) in [4.78, 5) is 15.1. The number of benzene rings is 3. The van der Waals surface area contributed by atoms with Crippen LogP contribution in [0.1, 0.15) is 32.6 Å². The lowest BCUT2D eigenvalue weighted by Gasteiger charge is -2.22. The molecule has 0 amide bonds. The first-order valence-corrected chi connectivity index (χ1v) is 13.4. The summed E-state index contributed by atoms with van der Waals surface area (Å²) in [5.74, 6) is 0.0348. The number of nitrogens with zero attached hydrogens (tertiary/aromatic N) is 1. The Morgan fingerprint density at radius 3 is 1.70 bits per heavy atom. The van der Waals surface area contributed by atoms with Gasteiger partial charge in [-0.1, -0.05) is 89.8 Å². The summed E-state index contributed by atoms with van der Waals surface area (Å²) >= 11 is 3.10. The number of rotatable bonds is 2. The van der Waals surface area contributed by atoms with Gasteiger partial charge in [0.2, 0.25) is 0 Å². The highest BCUT2D eigenvalue weighted by Gasteiger charge is 2.33. The first kappa shape index (κ1) is 20.6. The van der Waals surface area contributed by atoms with Gasteiger partial charge < -0.3 is 0 Å². The van der Waals surface area contributed by atoms with Crippen molar-refractivity contribution in [2.75, 3.05) is 0 Å². The van der Waals surface area contributed by atoms with Crippen molar-refractivity contribution in [1.29, 1.82) is 0 Å². The fourth-order valence-corrected chi connectivity index (χ4v) is 8.13. The molecule has 3 aromatic carbocycles. The fourth-order valence-electron chi connectivity index (χ4n) is 4.15. The minimum Gasteiger partial charge on any atom is -0.289 e. The molecule has 0 atom stereocenters. The Morgan fingerprint density at radius 2 is 1.18 bits per heavy atom. The molecule has 2 aliphatic rings. The van der Waals surface area contributed by atoms with E-state index < -0.39 is 10.0 Å². The number of carbonyl (C=O) groups excluding carboxylic acids is 1. The summed E-state index contributed by atoms with van der Waals surface area (Å²) in [6.07, 6.45) is 3.36. The number of fused-ring (bicyclic) bond motifs is 3. The van der Waals surface area contributed by atoms with Gasteiger partial charge in [0.15, 0.2) is 5.78 Å². The average Bonchev–Trinajstić information content (AvgIpc) is 3.40. The molecule has 0 saturated heterocycles. The van der Waals surface area contributed by atoms with Crippen LogP contribution in [-0.2, 0) is 10.0 Å². The summed E-state index contributed by atoms with van der Waals surface area (Å²) in [5.41, 5.74) is 5.27. The van der Waals surface area contributed by atoms with Crippen LogP contribution in [0.2, 0.25) is 0 Å². The molecule has 4 aromatic rings. The largest absolute Gasteiger partial charge is 0.289 e. The van der Waals surface area contributed by atoms with Crippen molar-refractivity contribution in [3.63, 3.8) is 0 Å². The predicted molar refractivity (Wildman–Crippen MR) is 132 cm³/mol. The third kappa shape index (κ3) is 3.22. The summed E-state index contributed by atoms with van der Waals surface area (Å²) in [6.45, 7) is 1.93. The van der Waals surface area contributed by atoms with Gasteiger partial charge in [0.25, 0.3) is 10.0 Å². The Kier molecular flexibility index (Phi) is 4.69. The molecule has 1 aliphatic carbocycles. The number of ketones is 1. The second kappa shape index (κ2) is 7.52. The van der Waals surface area contributed by atoms with Gasteiger partial charge in [-0.3, -0.25) is 4.79 Å². The van der Waals surface area contributed by atoms with E-state index in [-0.39, 0.29) is 10.7 Å². The lowest BCUT2D eigenvalue weighted by molar-refractivity contribution is 0.103. The minimum absolute atomic E-state index is 0.0348. The first-order valence-electron chi connectivity index (χ1n) is 10.3. The molecular weight excluding hydrogens is 470 g/mol. The highest BCUT2D eigenvalue weighted by atomic mass is 32.2. The van der Waals surface area contributed by atoms with Gasteiger partial charge in [-0.05, 0) is 30.2 Å². The molecule has 1 aliphatic heterocycles. The third-order valence-corrected chi connectivity index (χ3v) is 9.95. The zero-order valence-electron chi connectivity index (χ0n) is 17.5. The van der Waals surface area contributed by atoms with Crippen LogP contribution < -0.4 is 0 Å². The van der Waals surface area contributed by atoms with Crippen LogP contribution >= 0.6 is 23.5 Å². The second-order valence-corrected chi connectivity index (χ2v) is 12.1. The normalized spacial score (nSPS) is 14.8. The molecule has 0 bridgehead atoms. The van der Waals surface area contributed by atoms with E-state index in [4.69, 9.17) is 0 Å². The van der Waals surface area contributed by atoms with E-state index in [0.717, 1.165) is 36.3 Å². The number of hydrogen-bond donors (Lipinski definition) is 0. The van der Waals surface area contributed by atoms with Crippen molar-refractivity contribution in [1.82, 2.24) is 3.97 Å². The maximum Gasteiger partial charge on any atom is 0.267 e. The zero-order chi connectivity index (χ0) is 22.7. The van der Waals surface area contributed by atoms with Gasteiger partial charge >= 0.3 is 0 Å². The van der Waals surface area contributed by atoms with Crippen molar-refractivity contribution >= 4 is 44.9 Å². The zero-order valence-corrected chi connectivity index (χ0v) is 19.9. The van der Waals surface area contributed by atoms with E-state index in [1.165, 1.54) is 3.97 Å². The van der Waals surface area contributed by atoms with Crippen molar-refractivity contribution in [3.05, 3.63) is 117 Å². The molecule has 6 rings (SSSR count). The fraction of sp³-hybridized carbons (Fsp3) is 0.0385. The Balaban J connectivity index is 1.44. The molecule has 0 N–H and O–H groups in total. The van der Waals surface area contributed by atoms with E-state index in [1.54, 1.807) is 60.2 Å². The van der Waals surface area contributed by atoms with Crippen LogP contribution in [-0.4, -0.2) is 18.2 Å². The van der Waals surface area contributed by atoms with E-state index in [0.29, 0.717) is 11.1 Å². The maximum atomic E-state index is 13.1. The molecule has 1 aromatic heterocycles. The van der Waals surface area contributed by atoms with Crippen LogP contribution in [0.3, 0.4) is 0 Å². The Morgan fingerprint density at radius 1 is 0.697 bits per heavy atom. The lowest BCUT2D eigenvalue weighted by Crippen LogP contribution is -2.14. The first-order chi connectivity index (χ1) is 15.9. The Labute approximate surface area is 200 Å². The van der Waals surface area contributed by atoms with Crippen molar-refractivity contribution in [2.24, 2.45) is 0 Å². The van der Waals surface area contributed by atoms with Crippen LogP contribution in [0.25, 0.3) is 5.57 Å². The maximum absolute atomic E-state index is 13.1. The van der Waals surface area contributed by atoms with Crippen LogP contribution in [0, 0.1) is 6.92 Å². The van der Waals surface area contributed by atoms with Gasteiger partial charge in [0.05, 0.1) is 9.13 Å². The number of thioether (sulfide) groups is 2. The quantitative estimate of drug-likeness (QED) is 0.297. The van der Waals surface area contributed by atoms with Gasteiger partial charge in [-0.15, -0.1) is 0 Å². The summed E-state index contributed by atoms with van der Waals surface area (Å²) < 4.78 is 28.5. The molecular formula is C26H17NO3S3. The van der Waals surface area contributed by atoms with Crippen molar-refractivity contribution in [3.8, 4) is 0 Å². The van der Waals surface area contributed by atoms with Crippen LogP contribution in [0.4, 0.5) is 0 Å². The SMILES string of the molecule is Cc1ccc(S(=O)(=O)n2cc3c(c2)SC(=C2c4ccccc4C(=O)c4ccccc42)S3)cc1. The molecule has 33 heavy (non-hydrogen) atoms. The lowest BCUT2D eigenvalue weighted by atomic mass is 9.82.